The molecule has 0 spiro atoms. The third-order valence-corrected chi connectivity index (χ3v) is 6.43. The minimum atomic E-state index is 0.817. The van der Waals surface area contributed by atoms with Gasteiger partial charge >= 0.3 is 0 Å². The van der Waals surface area contributed by atoms with Crippen molar-refractivity contribution in [1.82, 2.24) is 19.9 Å². The molecule has 0 aliphatic carbocycles. The fourth-order valence-corrected chi connectivity index (χ4v) is 4.49. The molecule has 0 saturated carbocycles. The topological polar surface area (TPSA) is 57.2 Å². The van der Waals surface area contributed by atoms with E-state index >= 15 is 0 Å². The fraction of sp³-hybridized carbons (Fsp3) is 0.208. The third kappa shape index (κ3) is 4.57. The molecule has 0 bridgehead atoms. The van der Waals surface area contributed by atoms with E-state index in [0.717, 1.165) is 58.8 Å². The molecule has 0 radical (unpaired) electrons. The molecule has 3 aromatic heterocycles. The Morgan fingerprint density at radius 2 is 1.65 bits per heavy atom. The molecule has 0 unspecified atom stereocenters. The number of nitrogens with one attached hydrogen (secondary N) is 1. The van der Waals surface area contributed by atoms with E-state index in [-0.39, 0.29) is 0 Å². The predicted octanol–water partition coefficient (Wildman–Crippen LogP) is 4.76. The Balaban J connectivity index is 1.32. The van der Waals surface area contributed by atoms with Crippen LogP contribution in [0.4, 0.5) is 16.6 Å². The van der Waals surface area contributed by atoms with Gasteiger partial charge in [0.15, 0.2) is 5.13 Å². The number of hydrogen-bond donors (Lipinski definition) is 1. The molecule has 1 N–H and O–H groups in total. The van der Waals surface area contributed by atoms with E-state index in [9.17, 15) is 0 Å². The number of benzene rings is 1. The van der Waals surface area contributed by atoms with Crippen molar-refractivity contribution in [3.63, 3.8) is 0 Å². The monoisotopic (exact) mass is 428 g/mol. The first kappa shape index (κ1) is 19.7. The first-order valence-electron chi connectivity index (χ1n) is 10.4. The van der Waals surface area contributed by atoms with Gasteiger partial charge in [0.2, 0.25) is 0 Å². The molecule has 1 saturated heterocycles. The molecule has 6 nitrogen and oxygen atoms in total. The molecular formula is C24H24N6S. The van der Waals surface area contributed by atoms with Crippen LogP contribution in [0.1, 0.15) is 0 Å². The zero-order valence-corrected chi connectivity index (χ0v) is 18.2. The summed E-state index contributed by atoms with van der Waals surface area (Å²) in [5, 5.41) is 4.20. The molecule has 0 atom stereocenters. The molecule has 31 heavy (non-hydrogen) atoms. The van der Waals surface area contributed by atoms with Crippen molar-refractivity contribution in [3.05, 3.63) is 73.2 Å². The maximum absolute atomic E-state index is 4.57. The molecule has 156 valence electrons. The normalized spacial score (nSPS) is 14.5. The number of likely N-dealkylation sites (N-methyl/N-ethyl adjacent to an activating group) is 1. The second kappa shape index (κ2) is 8.83. The minimum Gasteiger partial charge on any atom is -0.369 e. The highest BCUT2D eigenvalue weighted by molar-refractivity contribution is 7.18. The minimum absolute atomic E-state index is 0.817. The van der Waals surface area contributed by atoms with Gasteiger partial charge in [0.1, 0.15) is 5.82 Å². The average molecular weight is 429 g/mol. The van der Waals surface area contributed by atoms with Gasteiger partial charge in [-0.15, -0.1) is 0 Å². The van der Waals surface area contributed by atoms with E-state index in [4.69, 9.17) is 0 Å². The van der Waals surface area contributed by atoms with Crippen LogP contribution in [0, 0.1) is 0 Å². The average Bonchev–Trinajstić information content (AvgIpc) is 3.29. The van der Waals surface area contributed by atoms with E-state index in [0.29, 0.717) is 0 Å². The Labute approximate surface area is 186 Å². The van der Waals surface area contributed by atoms with Crippen LogP contribution in [0.2, 0.25) is 0 Å². The summed E-state index contributed by atoms with van der Waals surface area (Å²) in [7, 11) is 2.17. The molecule has 1 aliphatic rings. The summed E-state index contributed by atoms with van der Waals surface area (Å²) in [6.45, 7) is 4.23. The number of rotatable bonds is 5. The van der Waals surface area contributed by atoms with E-state index in [1.807, 2.05) is 42.9 Å². The Morgan fingerprint density at radius 1 is 0.839 bits per heavy atom. The summed E-state index contributed by atoms with van der Waals surface area (Å²) in [5.74, 6) is 0.817. The van der Waals surface area contributed by atoms with E-state index in [1.165, 1.54) is 5.69 Å². The van der Waals surface area contributed by atoms with Crippen LogP contribution in [0.15, 0.2) is 73.2 Å². The van der Waals surface area contributed by atoms with E-state index in [1.54, 1.807) is 11.3 Å². The number of pyridine rings is 2. The van der Waals surface area contributed by atoms with Gasteiger partial charge in [0, 0.05) is 62.1 Å². The van der Waals surface area contributed by atoms with Crippen molar-refractivity contribution in [2.24, 2.45) is 0 Å². The maximum Gasteiger partial charge on any atom is 0.188 e. The van der Waals surface area contributed by atoms with Crippen LogP contribution in [-0.4, -0.2) is 53.1 Å². The summed E-state index contributed by atoms with van der Waals surface area (Å²) in [4.78, 5) is 19.4. The largest absolute Gasteiger partial charge is 0.369 e. The SMILES string of the molecule is CN1CCN(c2ccnc(Nc3ncc(-c4ccnc(-c5ccccc5)c4)s3)c2)CC1. The van der Waals surface area contributed by atoms with Crippen LogP contribution in [0.3, 0.4) is 0 Å². The van der Waals surface area contributed by atoms with Gasteiger partial charge in [-0.3, -0.25) is 4.98 Å². The van der Waals surface area contributed by atoms with Crippen molar-refractivity contribution >= 4 is 28.0 Å². The lowest BCUT2D eigenvalue weighted by atomic mass is 10.1. The van der Waals surface area contributed by atoms with E-state index in [2.05, 4.69) is 67.4 Å². The van der Waals surface area contributed by atoms with Crippen LogP contribution in [0.25, 0.3) is 21.7 Å². The van der Waals surface area contributed by atoms with Gasteiger partial charge in [0.05, 0.1) is 10.6 Å². The zero-order valence-electron chi connectivity index (χ0n) is 17.4. The molecular weight excluding hydrogens is 404 g/mol. The Kier molecular flexibility index (Phi) is 5.60. The van der Waals surface area contributed by atoms with Crippen LogP contribution in [-0.2, 0) is 0 Å². The lowest BCUT2D eigenvalue weighted by molar-refractivity contribution is 0.313. The maximum atomic E-state index is 4.57. The number of aromatic nitrogens is 3. The number of anilines is 3. The zero-order chi connectivity index (χ0) is 21.0. The molecule has 1 aliphatic heterocycles. The molecule has 1 aromatic carbocycles. The van der Waals surface area contributed by atoms with Crippen molar-refractivity contribution in [2.45, 2.75) is 0 Å². The molecule has 4 heterocycles. The Hall–Kier alpha value is -3.29. The number of piperazine rings is 1. The van der Waals surface area contributed by atoms with Gasteiger partial charge in [-0.1, -0.05) is 41.7 Å². The second-order valence-electron chi connectivity index (χ2n) is 7.64. The van der Waals surface area contributed by atoms with Gasteiger partial charge in [-0.25, -0.2) is 9.97 Å². The number of thiazole rings is 1. The second-order valence-corrected chi connectivity index (χ2v) is 8.67. The van der Waals surface area contributed by atoms with Crippen LogP contribution in [0.5, 0.6) is 0 Å². The summed E-state index contributed by atoms with van der Waals surface area (Å²) in [6.07, 6.45) is 5.62. The van der Waals surface area contributed by atoms with Gasteiger partial charge in [-0.05, 0) is 30.8 Å². The lowest BCUT2D eigenvalue weighted by Crippen LogP contribution is -2.44. The molecule has 0 amide bonds. The van der Waals surface area contributed by atoms with Crippen LogP contribution < -0.4 is 10.2 Å². The third-order valence-electron chi connectivity index (χ3n) is 5.47. The molecule has 5 rings (SSSR count). The lowest BCUT2D eigenvalue weighted by Gasteiger charge is -2.34. The van der Waals surface area contributed by atoms with Crippen molar-refractivity contribution in [3.8, 4) is 21.7 Å². The van der Waals surface area contributed by atoms with Gasteiger partial charge < -0.3 is 15.1 Å². The first-order chi connectivity index (χ1) is 15.2. The van der Waals surface area contributed by atoms with Gasteiger partial charge in [0.25, 0.3) is 0 Å². The van der Waals surface area contributed by atoms with Crippen LogP contribution >= 0.6 is 11.3 Å². The number of hydrogen-bond acceptors (Lipinski definition) is 7. The number of nitrogens with zero attached hydrogens (tertiary/aromatic N) is 5. The highest BCUT2D eigenvalue weighted by Gasteiger charge is 2.15. The highest BCUT2D eigenvalue weighted by Crippen LogP contribution is 2.32. The molecule has 4 aromatic rings. The van der Waals surface area contributed by atoms with Crippen molar-refractivity contribution in [1.29, 1.82) is 0 Å². The predicted molar refractivity (Wildman–Crippen MR) is 128 cm³/mol. The quantitative estimate of drug-likeness (QED) is 0.494. The first-order valence-corrected chi connectivity index (χ1v) is 11.2. The van der Waals surface area contributed by atoms with E-state index < -0.39 is 0 Å². The fourth-order valence-electron chi connectivity index (χ4n) is 3.67. The summed E-state index contributed by atoms with van der Waals surface area (Å²) in [6, 6.07) is 18.5. The smallest absolute Gasteiger partial charge is 0.188 e. The van der Waals surface area contributed by atoms with Crippen molar-refractivity contribution in [2.75, 3.05) is 43.4 Å². The summed E-state index contributed by atoms with van der Waals surface area (Å²) < 4.78 is 0. The highest BCUT2D eigenvalue weighted by atomic mass is 32.1. The standard InChI is InChI=1S/C24H24N6S/c1-29-11-13-30(14-12-29)20-8-10-26-23(16-20)28-24-27-17-22(31-24)19-7-9-25-21(15-19)18-5-3-2-4-6-18/h2-10,15-17H,11-14H2,1H3,(H,26,27,28). The summed E-state index contributed by atoms with van der Waals surface area (Å²) in [5.41, 5.74) is 4.38. The van der Waals surface area contributed by atoms with Crippen molar-refractivity contribution < 1.29 is 0 Å². The summed E-state index contributed by atoms with van der Waals surface area (Å²) >= 11 is 1.62. The Bertz CT molecular complexity index is 1150. The molecule has 7 heteroatoms. The Morgan fingerprint density at radius 3 is 2.48 bits per heavy atom. The van der Waals surface area contributed by atoms with Gasteiger partial charge in [-0.2, -0.15) is 0 Å². The molecule has 1 fully saturated rings.